The maximum Gasteiger partial charge on any atom is 0.409 e. The van der Waals surface area contributed by atoms with Gasteiger partial charge in [0.25, 0.3) is 11.8 Å². The van der Waals surface area contributed by atoms with Gasteiger partial charge in [-0.2, -0.15) is 0 Å². The van der Waals surface area contributed by atoms with Crippen LogP contribution in [0, 0.1) is 0 Å². The minimum atomic E-state index is -0.332. The van der Waals surface area contributed by atoms with Crippen LogP contribution >= 0.6 is 0 Å². The van der Waals surface area contributed by atoms with Crippen LogP contribution < -0.4 is 5.32 Å². The smallest absolute Gasteiger partial charge is 0.409 e. The van der Waals surface area contributed by atoms with E-state index in [1.807, 2.05) is 30.3 Å². The Bertz CT molecular complexity index is 844. The summed E-state index contributed by atoms with van der Waals surface area (Å²) in [5.74, 6) is -0.196. The number of ether oxygens (including phenoxy) is 1. The summed E-state index contributed by atoms with van der Waals surface area (Å²) in [7, 11) is 0. The standard InChI is InChI=1S/C22H25N3O4/c1-2-29-22(28)25-14-12-24(13-15-25)21(27)19-10-8-17(9-11-19)16-23-20(26)18-6-4-3-5-7-18/h3-11H,2,12-16H2,1H3,(H,23,26). The van der Waals surface area contributed by atoms with Crippen molar-refractivity contribution in [1.82, 2.24) is 15.1 Å². The zero-order chi connectivity index (χ0) is 20.6. The van der Waals surface area contributed by atoms with Crippen LogP contribution in [0.15, 0.2) is 54.6 Å². The molecule has 3 amide bonds. The van der Waals surface area contributed by atoms with Crippen LogP contribution in [-0.2, 0) is 11.3 Å². The highest BCUT2D eigenvalue weighted by atomic mass is 16.6. The summed E-state index contributed by atoms with van der Waals surface area (Å²) in [6.45, 7) is 4.40. The fourth-order valence-electron chi connectivity index (χ4n) is 3.13. The average Bonchev–Trinajstić information content (AvgIpc) is 2.78. The molecule has 0 saturated carbocycles. The minimum Gasteiger partial charge on any atom is -0.450 e. The van der Waals surface area contributed by atoms with Crippen molar-refractivity contribution in [3.63, 3.8) is 0 Å². The van der Waals surface area contributed by atoms with Gasteiger partial charge in [0.05, 0.1) is 6.61 Å². The van der Waals surface area contributed by atoms with E-state index in [1.165, 1.54) is 0 Å². The van der Waals surface area contributed by atoms with Gasteiger partial charge < -0.3 is 19.9 Å². The Morgan fingerprint density at radius 3 is 2.10 bits per heavy atom. The lowest BCUT2D eigenvalue weighted by Crippen LogP contribution is -2.50. The van der Waals surface area contributed by atoms with Gasteiger partial charge in [-0.05, 0) is 36.8 Å². The van der Waals surface area contributed by atoms with E-state index in [0.717, 1.165) is 5.56 Å². The van der Waals surface area contributed by atoms with E-state index in [0.29, 0.717) is 50.5 Å². The topological polar surface area (TPSA) is 79.0 Å². The summed E-state index contributed by atoms with van der Waals surface area (Å²) in [6, 6.07) is 16.2. The first kappa shape index (κ1) is 20.4. The van der Waals surface area contributed by atoms with Gasteiger partial charge in [0.1, 0.15) is 0 Å². The highest BCUT2D eigenvalue weighted by Crippen LogP contribution is 2.11. The second-order valence-corrected chi connectivity index (χ2v) is 6.72. The van der Waals surface area contributed by atoms with Gasteiger partial charge in [-0.15, -0.1) is 0 Å². The molecule has 7 heteroatoms. The monoisotopic (exact) mass is 395 g/mol. The molecule has 0 bridgehead atoms. The maximum absolute atomic E-state index is 12.7. The molecule has 0 atom stereocenters. The first-order chi connectivity index (χ1) is 14.1. The van der Waals surface area contributed by atoms with Crippen LogP contribution in [0.25, 0.3) is 0 Å². The minimum absolute atomic E-state index is 0.0617. The molecule has 2 aromatic carbocycles. The molecule has 29 heavy (non-hydrogen) atoms. The molecule has 0 aliphatic carbocycles. The molecule has 1 aliphatic heterocycles. The Morgan fingerprint density at radius 2 is 1.48 bits per heavy atom. The van der Waals surface area contributed by atoms with Gasteiger partial charge in [0.2, 0.25) is 0 Å². The Balaban J connectivity index is 1.50. The van der Waals surface area contributed by atoms with E-state index in [1.54, 1.807) is 41.0 Å². The predicted octanol–water partition coefficient (Wildman–Crippen LogP) is 2.53. The van der Waals surface area contributed by atoms with E-state index in [2.05, 4.69) is 5.32 Å². The van der Waals surface area contributed by atoms with Crippen LogP contribution in [0.3, 0.4) is 0 Å². The van der Waals surface area contributed by atoms with Crippen LogP contribution in [0.1, 0.15) is 33.2 Å². The van der Waals surface area contributed by atoms with Crippen LogP contribution in [0.2, 0.25) is 0 Å². The normalized spacial score (nSPS) is 13.7. The first-order valence-corrected chi connectivity index (χ1v) is 9.71. The SMILES string of the molecule is CCOC(=O)N1CCN(C(=O)c2ccc(CNC(=O)c3ccccc3)cc2)CC1. The number of piperazine rings is 1. The van der Waals surface area contributed by atoms with Gasteiger partial charge in [-0.25, -0.2) is 4.79 Å². The maximum atomic E-state index is 12.7. The molecule has 1 N–H and O–H groups in total. The number of rotatable bonds is 5. The molecule has 1 aliphatic rings. The largest absolute Gasteiger partial charge is 0.450 e. The van der Waals surface area contributed by atoms with E-state index in [-0.39, 0.29) is 17.9 Å². The molecule has 1 heterocycles. The molecule has 0 unspecified atom stereocenters. The van der Waals surface area contributed by atoms with Gasteiger partial charge in [0, 0.05) is 43.9 Å². The van der Waals surface area contributed by atoms with Gasteiger partial charge in [-0.3, -0.25) is 9.59 Å². The van der Waals surface area contributed by atoms with E-state index in [9.17, 15) is 14.4 Å². The first-order valence-electron chi connectivity index (χ1n) is 9.71. The van der Waals surface area contributed by atoms with E-state index >= 15 is 0 Å². The molecule has 7 nitrogen and oxygen atoms in total. The molecule has 1 fully saturated rings. The zero-order valence-electron chi connectivity index (χ0n) is 16.5. The number of carbonyl (C=O) groups excluding carboxylic acids is 3. The van der Waals surface area contributed by atoms with E-state index in [4.69, 9.17) is 4.74 Å². The van der Waals surface area contributed by atoms with Crippen molar-refractivity contribution in [3.05, 3.63) is 71.3 Å². The fourth-order valence-corrected chi connectivity index (χ4v) is 3.13. The molecule has 2 aromatic rings. The van der Waals surface area contributed by atoms with E-state index < -0.39 is 0 Å². The third-order valence-corrected chi connectivity index (χ3v) is 4.78. The highest BCUT2D eigenvalue weighted by Gasteiger charge is 2.25. The Hall–Kier alpha value is -3.35. The number of nitrogens with zero attached hydrogens (tertiary/aromatic N) is 2. The molecule has 0 spiro atoms. The second-order valence-electron chi connectivity index (χ2n) is 6.72. The van der Waals surface area contributed by atoms with Crippen molar-refractivity contribution >= 4 is 17.9 Å². The zero-order valence-corrected chi connectivity index (χ0v) is 16.5. The number of nitrogens with one attached hydrogen (secondary N) is 1. The van der Waals surface area contributed by atoms with Crippen LogP contribution in [0.5, 0.6) is 0 Å². The number of carbonyl (C=O) groups is 3. The van der Waals surface area contributed by atoms with Crippen molar-refractivity contribution < 1.29 is 19.1 Å². The summed E-state index contributed by atoms with van der Waals surface area (Å²) in [4.78, 5) is 39.9. The molecular formula is C22H25N3O4. The van der Waals surface area contributed by atoms with Gasteiger partial charge in [0.15, 0.2) is 0 Å². The summed E-state index contributed by atoms with van der Waals surface area (Å²) in [6.07, 6.45) is -0.332. The summed E-state index contributed by atoms with van der Waals surface area (Å²) in [5.41, 5.74) is 2.12. The number of amides is 3. The summed E-state index contributed by atoms with van der Waals surface area (Å²) in [5, 5.41) is 2.87. The van der Waals surface area contributed by atoms with Gasteiger partial charge >= 0.3 is 6.09 Å². The Morgan fingerprint density at radius 1 is 0.862 bits per heavy atom. The van der Waals surface area contributed by atoms with Crippen molar-refractivity contribution in [2.24, 2.45) is 0 Å². The number of benzene rings is 2. The summed E-state index contributed by atoms with van der Waals surface area (Å²) >= 11 is 0. The Labute approximate surface area is 170 Å². The second kappa shape index (κ2) is 9.73. The lowest BCUT2D eigenvalue weighted by molar-refractivity contribution is 0.0570. The average molecular weight is 395 g/mol. The van der Waals surface area contributed by atoms with Crippen LogP contribution in [0.4, 0.5) is 4.79 Å². The molecule has 3 rings (SSSR count). The van der Waals surface area contributed by atoms with Crippen molar-refractivity contribution in [2.75, 3.05) is 32.8 Å². The molecular weight excluding hydrogens is 370 g/mol. The quantitative estimate of drug-likeness (QED) is 0.844. The van der Waals surface area contributed by atoms with Crippen molar-refractivity contribution in [1.29, 1.82) is 0 Å². The molecule has 152 valence electrons. The summed E-state index contributed by atoms with van der Waals surface area (Å²) < 4.78 is 5.00. The van der Waals surface area contributed by atoms with Crippen LogP contribution in [-0.4, -0.2) is 60.5 Å². The molecule has 0 radical (unpaired) electrons. The number of hydrogen-bond acceptors (Lipinski definition) is 4. The third kappa shape index (κ3) is 5.34. The fraction of sp³-hybridized carbons (Fsp3) is 0.318. The van der Waals surface area contributed by atoms with Gasteiger partial charge in [-0.1, -0.05) is 30.3 Å². The highest BCUT2D eigenvalue weighted by molar-refractivity contribution is 5.95. The predicted molar refractivity (Wildman–Crippen MR) is 109 cm³/mol. The Kier molecular flexibility index (Phi) is 6.84. The molecule has 1 saturated heterocycles. The lowest BCUT2D eigenvalue weighted by Gasteiger charge is -2.34. The molecule has 0 aromatic heterocycles. The number of hydrogen-bond donors (Lipinski definition) is 1. The van der Waals surface area contributed by atoms with Crippen molar-refractivity contribution in [2.45, 2.75) is 13.5 Å². The lowest BCUT2D eigenvalue weighted by atomic mass is 10.1. The third-order valence-electron chi connectivity index (χ3n) is 4.78. The van der Waals surface area contributed by atoms with Crippen molar-refractivity contribution in [3.8, 4) is 0 Å².